The van der Waals surface area contributed by atoms with Crippen molar-refractivity contribution in [2.24, 2.45) is 0 Å². The van der Waals surface area contributed by atoms with Gasteiger partial charge in [0.2, 0.25) is 0 Å². The molecule has 1 aromatic heterocycles. The summed E-state index contributed by atoms with van der Waals surface area (Å²) >= 11 is 0. The third-order valence-corrected chi connectivity index (χ3v) is 4.75. The summed E-state index contributed by atoms with van der Waals surface area (Å²) in [5.74, 6) is 2.32. The Morgan fingerprint density at radius 3 is 2.37 bits per heavy atom. The van der Waals surface area contributed by atoms with E-state index in [-0.39, 0.29) is 6.17 Å². The monoisotopic (exact) mass is 366 g/mol. The molecule has 0 amide bonds. The second kappa shape index (κ2) is 7.94. The van der Waals surface area contributed by atoms with Gasteiger partial charge in [-0.2, -0.15) is 0 Å². The number of hydrazine groups is 1. The smallest absolute Gasteiger partial charge is 0.163 e. The van der Waals surface area contributed by atoms with Crippen molar-refractivity contribution >= 4 is 11.6 Å². The zero-order valence-electron chi connectivity index (χ0n) is 15.7. The minimum Gasteiger partial charge on any atom is -0.381 e. The normalized spacial score (nSPS) is 20.1. The van der Waals surface area contributed by atoms with Gasteiger partial charge in [-0.15, -0.1) is 0 Å². The lowest BCUT2D eigenvalue weighted by Gasteiger charge is -2.24. The van der Waals surface area contributed by atoms with E-state index in [9.17, 15) is 0 Å². The van der Waals surface area contributed by atoms with Gasteiger partial charge >= 0.3 is 0 Å². The number of benzene rings is 1. The minimum atomic E-state index is -0.0123. The molecule has 7 heteroatoms. The van der Waals surface area contributed by atoms with E-state index in [1.807, 2.05) is 13.0 Å². The lowest BCUT2D eigenvalue weighted by atomic mass is 10.1. The molecule has 0 spiro atoms. The highest BCUT2D eigenvalue weighted by Crippen LogP contribution is 2.23. The van der Waals surface area contributed by atoms with Gasteiger partial charge in [0.25, 0.3) is 0 Å². The predicted octanol–water partition coefficient (Wildman–Crippen LogP) is 2.79. The van der Waals surface area contributed by atoms with E-state index >= 15 is 0 Å². The number of anilines is 2. The summed E-state index contributed by atoms with van der Waals surface area (Å²) in [6.45, 7) is 5.68. The summed E-state index contributed by atoms with van der Waals surface area (Å²) in [6, 6.07) is 10.6. The Morgan fingerprint density at radius 1 is 1.00 bits per heavy atom. The summed E-state index contributed by atoms with van der Waals surface area (Å²) < 4.78 is 5.46. The summed E-state index contributed by atoms with van der Waals surface area (Å²) in [5, 5.41) is 6.96. The van der Waals surface area contributed by atoms with Crippen molar-refractivity contribution in [3.05, 3.63) is 47.7 Å². The van der Waals surface area contributed by atoms with Crippen molar-refractivity contribution in [1.82, 2.24) is 20.8 Å². The highest BCUT2D eigenvalue weighted by Gasteiger charge is 2.17. The first kappa shape index (κ1) is 17.8. The summed E-state index contributed by atoms with van der Waals surface area (Å²) in [7, 11) is 0. The van der Waals surface area contributed by atoms with E-state index in [0.717, 1.165) is 49.0 Å². The average Bonchev–Trinajstić information content (AvgIpc) is 3.07. The number of allylic oxidation sites excluding steroid dienone is 1. The molecule has 1 saturated heterocycles. The van der Waals surface area contributed by atoms with Crippen molar-refractivity contribution in [3.8, 4) is 11.4 Å². The van der Waals surface area contributed by atoms with Crippen LogP contribution in [0.3, 0.4) is 0 Å². The first-order valence-corrected chi connectivity index (χ1v) is 9.43. The molecule has 0 aliphatic carbocycles. The molecule has 4 N–H and O–H groups in total. The number of rotatable bonds is 5. The molecule has 1 atom stereocenters. The third kappa shape index (κ3) is 4.56. The maximum absolute atomic E-state index is 5.46. The van der Waals surface area contributed by atoms with Gasteiger partial charge < -0.3 is 20.8 Å². The molecule has 1 unspecified atom stereocenters. The van der Waals surface area contributed by atoms with Crippen molar-refractivity contribution in [2.45, 2.75) is 38.9 Å². The number of nitrogens with zero attached hydrogens (tertiary/aromatic N) is 2. The molecule has 27 heavy (non-hydrogen) atoms. The van der Waals surface area contributed by atoms with Crippen LogP contribution in [0.1, 0.15) is 25.3 Å². The van der Waals surface area contributed by atoms with Crippen molar-refractivity contribution in [3.63, 3.8) is 0 Å². The highest BCUT2D eigenvalue weighted by atomic mass is 16.5. The second-order valence-corrected chi connectivity index (χ2v) is 7.10. The highest BCUT2D eigenvalue weighted by molar-refractivity contribution is 5.62. The molecule has 2 aromatic rings. The minimum absolute atomic E-state index is 0.0123. The fourth-order valence-corrected chi connectivity index (χ4v) is 3.24. The quantitative estimate of drug-likeness (QED) is 0.648. The summed E-state index contributed by atoms with van der Waals surface area (Å²) in [6.07, 6.45) is 4.05. The van der Waals surface area contributed by atoms with Crippen LogP contribution in [0, 0.1) is 6.92 Å². The van der Waals surface area contributed by atoms with Crippen molar-refractivity contribution < 1.29 is 4.74 Å². The molecule has 4 rings (SSSR count). The molecular weight excluding hydrogens is 340 g/mol. The van der Waals surface area contributed by atoms with Crippen LogP contribution in [0.5, 0.6) is 0 Å². The number of hydrogen-bond acceptors (Lipinski definition) is 7. The zero-order chi connectivity index (χ0) is 18.6. The van der Waals surface area contributed by atoms with Crippen molar-refractivity contribution in [1.29, 1.82) is 0 Å². The molecule has 2 aliphatic rings. The number of nitrogens with one attached hydrogen (secondary N) is 4. The second-order valence-electron chi connectivity index (χ2n) is 7.10. The Bertz CT molecular complexity index is 814. The molecule has 3 heterocycles. The van der Waals surface area contributed by atoms with E-state index in [0.29, 0.717) is 11.9 Å². The SMILES string of the molecule is CC1=CC(Nc2cc(NC3CCOCC3)nc(-c3ccc(C)cc3)n2)NN1. The number of aromatic nitrogens is 2. The van der Waals surface area contributed by atoms with Gasteiger partial charge in [0, 0.05) is 36.6 Å². The van der Waals surface area contributed by atoms with Crippen LogP contribution in [0.2, 0.25) is 0 Å². The first-order valence-electron chi connectivity index (χ1n) is 9.43. The Labute approximate surface area is 159 Å². The lowest BCUT2D eigenvalue weighted by Crippen LogP contribution is -2.37. The number of aryl methyl sites for hydroxylation is 1. The Kier molecular flexibility index (Phi) is 5.22. The molecule has 0 radical (unpaired) electrons. The van der Waals surface area contributed by atoms with E-state index in [2.05, 4.69) is 58.8 Å². The molecule has 0 saturated carbocycles. The molecule has 0 bridgehead atoms. The Hall–Kier alpha value is -2.64. The Balaban J connectivity index is 1.61. The molecule has 2 aliphatic heterocycles. The summed E-state index contributed by atoms with van der Waals surface area (Å²) in [4.78, 5) is 9.49. The van der Waals surface area contributed by atoms with Gasteiger partial charge in [0.1, 0.15) is 17.8 Å². The van der Waals surface area contributed by atoms with E-state index in [1.54, 1.807) is 0 Å². The topological polar surface area (TPSA) is 83.1 Å². The van der Waals surface area contributed by atoms with Crippen LogP contribution in [-0.2, 0) is 4.74 Å². The van der Waals surface area contributed by atoms with Crippen LogP contribution >= 0.6 is 0 Å². The molecular formula is C20H26N6O. The van der Waals surface area contributed by atoms with E-state index < -0.39 is 0 Å². The predicted molar refractivity (Wildman–Crippen MR) is 107 cm³/mol. The largest absolute Gasteiger partial charge is 0.381 e. The van der Waals surface area contributed by atoms with E-state index in [4.69, 9.17) is 14.7 Å². The fourth-order valence-electron chi connectivity index (χ4n) is 3.24. The molecule has 7 nitrogen and oxygen atoms in total. The van der Waals surface area contributed by atoms with Crippen LogP contribution in [-0.4, -0.2) is 35.4 Å². The average molecular weight is 366 g/mol. The molecule has 1 aromatic carbocycles. The molecule has 142 valence electrons. The van der Waals surface area contributed by atoms with Gasteiger partial charge in [-0.25, -0.2) is 15.4 Å². The third-order valence-electron chi connectivity index (χ3n) is 4.75. The van der Waals surface area contributed by atoms with Crippen LogP contribution < -0.4 is 21.5 Å². The Morgan fingerprint density at radius 2 is 1.70 bits per heavy atom. The fraction of sp³-hybridized carbons (Fsp3) is 0.400. The number of ether oxygens (including phenoxy) is 1. The number of hydrogen-bond donors (Lipinski definition) is 4. The van der Waals surface area contributed by atoms with Gasteiger partial charge in [0.05, 0.1) is 0 Å². The lowest BCUT2D eigenvalue weighted by molar-refractivity contribution is 0.0904. The van der Waals surface area contributed by atoms with Gasteiger partial charge in [0.15, 0.2) is 5.82 Å². The molecule has 1 fully saturated rings. The van der Waals surface area contributed by atoms with Crippen molar-refractivity contribution in [2.75, 3.05) is 23.8 Å². The van der Waals surface area contributed by atoms with Crippen LogP contribution in [0.25, 0.3) is 11.4 Å². The maximum atomic E-state index is 5.46. The standard InChI is InChI=1S/C20H26N6O/c1-13-3-5-15(6-4-13)20-23-17(21-16-7-9-27-10-8-16)12-18(24-20)22-19-11-14(2)25-26-19/h3-6,11-12,16,19,25-26H,7-10H2,1-2H3,(H2,21,22,23,24). The van der Waals surface area contributed by atoms with Gasteiger partial charge in [-0.3, -0.25) is 0 Å². The van der Waals surface area contributed by atoms with E-state index in [1.165, 1.54) is 5.56 Å². The zero-order valence-corrected chi connectivity index (χ0v) is 15.7. The van der Waals surface area contributed by atoms with Crippen LogP contribution in [0.15, 0.2) is 42.1 Å². The summed E-state index contributed by atoms with van der Waals surface area (Å²) in [5.41, 5.74) is 9.58. The van der Waals surface area contributed by atoms with Gasteiger partial charge in [-0.05, 0) is 32.8 Å². The van der Waals surface area contributed by atoms with Crippen LogP contribution in [0.4, 0.5) is 11.6 Å². The van der Waals surface area contributed by atoms with Gasteiger partial charge in [-0.1, -0.05) is 29.8 Å². The first-order chi connectivity index (χ1) is 13.2. The maximum Gasteiger partial charge on any atom is 0.163 e.